The molecule has 0 atom stereocenters. The molecule has 0 aliphatic carbocycles. The molecule has 0 bridgehead atoms. The molecule has 1 aromatic carbocycles. The minimum absolute atomic E-state index is 0.233. The molecule has 3 N–H and O–H groups in total. The van der Waals surface area contributed by atoms with Crippen LogP contribution in [0.5, 0.6) is 0 Å². The molecule has 8 heteroatoms. The van der Waals surface area contributed by atoms with E-state index in [0.29, 0.717) is 46.5 Å². The van der Waals surface area contributed by atoms with Crippen LogP contribution in [0, 0.1) is 0 Å². The molecule has 28 heavy (non-hydrogen) atoms. The fraction of sp³-hybridized carbons (Fsp3) is 0.100. The first-order valence-electron chi connectivity index (χ1n) is 8.71. The molecule has 4 rings (SSSR count). The van der Waals surface area contributed by atoms with Gasteiger partial charge in [-0.3, -0.25) is 9.78 Å². The third-order valence-electron chi connectivity index (χ3n) is 4.26. The van der Waals surface area contributed by atoms with E-state index in [0.717, 1.165) is 5.56 Å². The first kappa shape index (κ1) is 17.9. The molecule has 0 aliphatic rings. The SMILES string of the molecule is Nc1cc(C(=O)NCCc2ccccc2Cl)cc2nc(-c3ccccn3)nn12. The fourth-order valence-corrected chi connectivity index (χ4v) is 3.09. The van der Waals surface area contributed by atoms with Gasteiger partial charge in [-0.1, -0.05) is 35.9 Å². The number of nitrogen functional groups attached to an aromatic ring is 1. The number of nitrogens with one attached hydrogen (secondary N) is 1. The predicted octanol–water partition coefficient (Wildman–Crippen LogP) is 3.00. The van der Waals surface area contributed by atoms with Gasteiger partial charge in [0.15, 0.2) is 5.65 Å². The smallest absolute Gasteiger partial charge is 0.251 e. The van der Waals surface area contributed by atoms with Gasteiger partial charge in [-0.05, 0) is 42.3 Å². The molecular formula is C20H17ClN6O. The number of nitrogens with zero attached hydrogens (tertiary/aromatic N) is 4. The van der Waals surface area contributed by atoms with Crippen LogP contribution in [-0.4, -0.2) is 32.0 Å². The van der Waals surface area contributed by atoms with E-state index < -0.39 is 0 Å². The molecule has 0 saturated heterocycles. The maximum atomic E-state index is 12.5. The normalized spacial score (nSPS) is 10.9. The van der Waals surface area contributed by atoms with Crippen molar-refractivity contribution < 1.29 is 4.79 Å². The zero-order valence-electron chi connectivity index (χ0n) is 14.8. The molecule has 140 valence electrons. The Morgan fingerprint density at radius 2 is 1.96 bits per heavy atom. The van der Waals surface area contributed by atoms with Gasteiger partial charge < -0.3 is 11.1 Å². The van der Waals surface area contributed by atoms with Gasteiger partial charge in [-0.25, -0.2) is 4.98 Å². The highest BCUT2D eigenvalue weighted by molar-refractivity contribution is 6.31. The zero-order valence-corrected chi connectivity index (χ0v) is 15.6. The van der Waals surface area contributed by atoms with E-state index in [9.17, 15) is 4.79 Å². The summed E-state index contributed by atoms with van der Waals surface area (Å²) in [5, 5.41) is 7.94. The molecule has 4 aromatic rings. The van der Waals surface area contributed by atoms with Gasteiger partial charge in [0.1, 0.15) is 11.5 Å². The summed E-state index contributed by atoms with van der Waals surface area (Å²) in [6, 6.07) is 16.3. The molecule has 0 spiro atoms. The Labute approximate surface area is 166 Å². The van der Waals surface area contributed by atoms with E-state index in [-0.39, 0.29) is 5.91 Å². The maximum absolute atomic E-state index is 12.5. The monoisotopic (exact) mass is 392 g/mol. The van der Waals surface area contributed by atoms with Crippen molar-refractivity contribution >= 4 is 29.0 Å². The third-order valence-corrected chi connectivity index (χ3v) is 4.63. The van der Waals surface area contributed by atoms with Crippen LogP contribution >= 0.6 is 11.6 Å². The van der Waals surface area contributed by atoms with Crippen LogP contribution in [0.1, 0.15) is 15.9 Å². The van der Waals surface area contributed by atoms with Crippen molar-refractivity contribution in [2.75, 3.05) is 12.3 Å². The van der Waals surface area contributed by atoms with Crippen LogP contribution in [0.3, 0.4) is 0 Å². The summed E-state index contributed by atoms with van der Waals surface area (Å²) >= 11 is 6.14. The standard InChI is InChI=1S/C20H17ClN6O/c21-15-6-2-1-5-13(15)8-10-24-20(28)14-11-17(22)27-18(12-14)25-19(26-27)16-7-3-4-9-23-16/h1-7,9,11-12H,8,10,22H2,(H,24,28). The summed E-state index contributed by atoms with van der Waals surface area (Å²) < 4.78 is 1.49. The van der Waals surface area contributed by atoms with Gasteiger partial charge in [-0.15, -0.1) is 5.10 Å². The number of carbonyl (C=O) groups excluding carboxylic acids is 1. The predicted molar refractivity (Wildman–Crippen MR) is 108 cm³/mol. The Kier molecular flexibility index (Phi) is 4.90. The van der Waals surface area contributed by atoms with Crippen LogP contribution in [-0.2, 0) is 6.42 Å². The lowest BCUT2D eigenvalue weighted by molar-refractivity contribution is 0.0954. The topological polar surface area (TPSA) is 98.2 Å². The van der Waals surface area contributed by atoms with Crippen molar-refractivity contribution in [3.63, 3.8) is 0 Å². The molecule has 7 nitrogen and oxygen atoms in total. The molecule has 0 aliphatic heterocycles. The number of aromatic nitrogens is 4. The molecule has 0 radical (unpaired) electrons. The third kappa shape index (κ3) is 3.65. The van der Waals surface area contributed by atoms with Crippen molar-refractivity contribution in [1.29, 1.82) is 0 Å². The molecule has 0 fully saturated rings. The number of pyridine rings is 2. The lowest BCUT2D eigenvalue weighted by Crippen LogP contribution is -2.26. The molecule has 3 heterocycles. The number of carbonyl (C=O) groups is 1. The van der Waals surface area contributed by atoms with E-state index in [1.807, 2.05) is 42.5 Å². The Bertz CT molecular complexity index is 1140. The Balaban J connectivity index is 1.52. The fourth-order valence-electron chi connectivity index (χ4n) is 2.86. The number of amides is 1. The summed E-state index contributed by atoms with van der Waals surface area (Å²) in [6.45, 7) is 0.458. The number of halogens is 1. The molecule has 0 unspecified atom stereocenters. The lowest BCUT2D eigenvalue weighted by atomic mass is 10.1. The minimum Gasteiger partial charge on any atom is -0.384 e. The van der Waals surface area contributed by atoms with E-state index in [2.05, 4.69) is 20.4 Å². The van der Waals surface area contributed by atoms with Crippen LogP contribution < -0.4 is 11.1 Å². The highest BCUT2D eigenvalue weighted by Gasteiger charge is 2.14. The second-order valence-corrected chi connectivity index (χ2v) is 6.59. The average molecular weight is 393 g/mol. The van der Waals surface area contributed by atoms with E-state index in [1.165, 1.54) is 4.52 Å². The van der Waals surface area contributed by atoms with Crippen LogP contribution in [0.25, 0.3) is 17.2 Å². The highest BCUT2D eigenvalue weighted by Crippen LogP contribution is 2.18. The van der Waals surface area contributed by atoms with Gasteiger partial charge >= 0.3 is 0 Å². The van der Waals surface area contributed by atoms with Gasteiger partial charge in [0, 0.05) is 23.3 Å². The minimum atomic E-state index is -0.233. The first-order valence-corrected chi connectivity index (χ1v) is 9.09. The largest absolute Gasteiger partial charge is 0.384 e. The number of hydrogen-bond donors (Lipinski definition) is 2. The van der Waals surface area contributed by atoms with E-state index in [1.54, 1.807) is 18.3 Å². The van der Waals surface area contributed by atoms with E-state index >= 15 is 0 Å². The number of nitrogens with two attached hydrogens (primary N) is 1. The summed E-state index contributed by atoms with van der Waals surface area (Å²) in [7, 11) is 0. The number of rotatable bonds is 5. The molecule has 3 aromatic heterocycles. The van der Waals surface area contributed by atoms with Crippen LogP contribution in [0.4, 0.5) is 5.82 Å². The van der Waals surface area contributed by atoms with Gasteiger partial charge in [0.2, 0.25) is 5.82 Å². The quantitative estimate of drug-likeness (QED) is 0.544. The summed E-state index contributed by atoms with van der Waals surface area (Å²) in [5.41, 5.74) is 8.59. The lowest BCUT2D eigenvalue weighted by Gasteiger charge is -2.08. The van der Waals surface area contributed by atoms with Crippen molar-refractivity contribution in [3.8, 4) is 11.5 Å². The Hall–Kier alpha value is -3.45. The van der Waals surface area contributed by atoms with Crippen molar-refractivity contribution in [2.24, 2.45) is 0 Å². The number of benzene rings is 1. The average Bonchev–Trinajstić information content (AvgIpc) is 3.15. The number of anilines is 1. The Morgan fingerprint density at radius 1 is 1.14 bits per heavy atom. The second-order valence-electron chi connectivity index (χ2n) is 6.19. The summed E-state index contributed by atoms with van der Waals surface area (Å²) in [4.78, 5) is 21.2. The van der Waals surface area contributed by atoms with Crippen LogP contribution in [0.2, 0.25) is 5.02 Å². The van der Waals surface area contributed by atoms with Crippen molar-refractivity contribution in [3.05, 3.63) is 76.9 Å². The van der Waals surface area contributed by atoms with Gasteiger partial charge in [-0.2, -0.15) is 4.52 Å². The summed E-state index contributed by atoms with van der Waals surface area (Å²) in [5.74, 6) is 0.538. The van der Waals surface area contributed by atoms with Crippen molar-refractivity contribution in [2.45, 2.75) is 6.42 Å². The maximum Gasteiger partial charge on any atom is 0.251 e. The second kappa shape index (κ2) is 7.66. The highest BCUT2D eigenvalue weighted by atomic mass is 35.5. The van der Waals surface area contributed by atoms with E-state index in [4.69, 9.17) is 17.3 Å². The van der Waals surface area contributed by atoms with Crippen LogP contribution in [0.15, 0.2) is 60.8 Å². The number of hydrogen-bond acceptors (Lipinski definition) is 5. The van der Waals surface area contributed by atoms with Gasteiger partial charge in [0.25, 0.3) is 5.91 Å². The molecular weight excluding hydrogens is 376 g/mol. The summed E-state index contributed by atoms with van der Waals surface area (Å²) in [6.07, 6.45) is 2.31. The molecule has 0 saturated carbocycles. The Morgan fingerprint density at radius 3 is 2.75 bits per heavy atom. The zero-order chi connectivity index (χ0) is 19.5. The number of fused-ring (bicyclic) bond motifs is 1. The van der Waals surface area contributed by atoms with Gasteiger partial charge in [0.05, 0.1) is 0 Å². The first-order chi connectivity index (χ1) is 13.6. The van der Waals surface area contributed by atoms with Crippen molar-refractivity contribution in [1.82, 2.24) is 24.9 Å². The molecule has 1 amide bonds.